The van der Waals surface area contributed by atoms with Crippen molar-refractivity contribution in [1.82, 2.24) is 5.32 Å². The van der Waals surface area contributed by atoms with Crippen molar-refractivity contribution in [1.29, 1.82) is 0 Å². The highest BCUT2D eigenvalue weighted by atomic mass is 16.5. The molecule has 0 aromatic carbocycles. The summed E-state index contributed by atoms with van der Waals surface area (Å²) >= 11 is 0. The van der Waals surface area contributed by atoms with Gasteiger partial charge in [0.25, 0.3) is 0 Å². The highest BCUT2D eigenvalue weighted by molar-refractivity contribution is 4.89. The van der Waals surface area contributed by atoms with Crippen molar-refractivity contribution >= 4 is 0 Å². The van der Waals surface area contributed by atoms with Crippen LogP contribution in [0.2, 0.25) is 0 Å². The maximum Gasteiger partial charge on any atom is 0.0476 e. The largest absolute Gasteiger partial charge is 0.385 e. The lowest BCUT2D eigenvalue weighted by Crippen LogP contribution is -2.43. The van der Waals surface area contributed by atoms with E-state index < -0.39 is 0 Å². The first-order valence-corrected chi connectivity index (χ1v) is 6.45. The second kappa shape index (κ2) is 6.49. The van der Waals surface area contributed by atoms with E-state index in [1.54, 1.807) is 7.11 Å². The molecule has 0 radical (unpaired) electrons. The Kier molecular flexibility index (Phi) is 5.62. The smallest absolute Gasteiger partial charge is 0.0476 e. The minimum Gasteiger partial charge on any atom is -0.385 e. The van der Waals surface area contributed by atoms with Crippen LogP contribution in [-0.4, -0.2) is 26.3 Å². The molecule has 90 valence electrons. The maximum atomic E-state index is 5.09. The molecule has 0 saturated heterocycles. The van der Waals surface area contributed by atoms with E-state index >= 15 is 0 Å². The minimum absolute atomic E-state index is 0.597. The lowest BCUT2D eigenvalue weighted by molar-refractivity contribution is 0.107. The van der Waals surface area contributed by atoms with Gasteiger partial charge in [0.2, 0.25) is 0 Å². The van der Waals surface area contributed by atoms with Gasteiger partial charge in [-0.1, -0.05) is 19.8 Å². The van der Waals surface area contributed by atoms with E-state index in [2.05, 4.69) is 19.2 Å². The zero-order chi connectivity index (χ0) is 11.1. The first-order valence-electron chi connectivity index (χ1n) is 6.45. The van der Waals surface area contributed by atoms with Gasteiger partial charge in [0.15, 0.2) is 0 Å². The van der Waals surface area contributed by atoms with Crippen molar-refractivity contribution in [2.75, 3.05) is 20.3 Å². The van der Waals surface area contributed by atoms with Crippen molar-refractivity contribution in [3.8, 4) is 0 Å². The number of hydrogen-bond acceptors (Lipinski definition) is 2. The van der Waals surface area contributed by atoms with E-state index in [-0.39, 0.29) is 0 Å². The highest BCUT2D eigenvalue weighted by Crippen LogP contribution is 2.44. The summed E-state index contributed by atoms with van der Waals surface area (Å²) in [4.78, 5) is 0. The third kappa shape index (κ3) is 4.12. The van der Waals surface area contributed by atoms with E-state index in [0.717, 1.165) is 13.0 Å². The number of rotatable bonds is 8. The van der Waals surface area contributed by atoms with Gasteiger partial charge >= 0.3 is 0 Å². The van der Waals surface area contributed by atoms with Crippen LogP contribution >= 0.6 is 0 Å². The van der Waals surface area contributed by atoms with E-state index in [9.17, 15) is 0 Å². The molecule has 0 aromatic heterocycles. The summed E-state index contributed by atoms with van der Waals surface area (Å²) < 4.78 is 5.09. The molecule has 15 heavy (non-hydrogen) atoms. The molecule has 1 saturated carbocycles. The molecule has 0 spiro atoms. The molecule has 1 unspecified atom stereocenters. The van der Waals surface area contributed by atoms with Crippen molar-refractivity contribution in [3.63, 3.8) is 0 Å². The van der Waals surface area contributed by atoms with Crippen LogP contribution in [0.25, 0.3) is 0 Å². The molecule has 1 rings (SSSR count). The third-order valence-electron chi connectivity index (χ3n) is 3.78. The monoisotopic (exact) mass is 213 g/mol. The van der Waals surface area contributed by atoms with Crippen molar-refractivity contribution in [2.24, 2.45) is 5.41 Å². The maximum absolute atomic E-state index is 5.09. The van der Waals surface area contributed by atoms with Crippen LogP contribution in [0.3, 0.4) is 0 Å². The van der Waals surface area contributed by atoms with Gasteiger partial charge in [-0.2, -0.15) is 0 Å². The van der Waals surface area contributed by atoms with Gasteiger partial charge in [-0.3, -0.25) is 0 Å². The van der Waals surface area contributed by atoms with Crippen LogP contribution in [0.1, 0.15) is 52.4 Å². The Morgan fingerprint density at radius 3 is 2.60 bits per heavy atom. The molecule has 0 heterocycles. The molecular weight excluding hydrogens is 186 g/mol. The average Bonchev–Trinajstić information content (AvgIpc) is 2.18. The van der Waals surface area contributed by atoms with Gasteiger partial charge in [-0.05, 0) is 38.0 Å². The molecule has 1 fully saturated rings. The molecule has 0 amide bonds. The summed E-state index contributed by atoms with van der Waals surface area (Å²) in [6, 6.07) is 0.597. The number of hydrogen-bond donors (Lipinski definition) is 1. The van der Waals surface area contributed by atoms with Crippen LogP contribution in [0.15, 0.2) is 0 Å². The van der Waals surface area contributed by atoms with E-state index in [1.807, 2.05) is 0 Å². The van der Waals surface area contributed by atoms with Crippen molar-refractivity contribution in [2.45, 2.75) is 58.4 Å². The van der Waals surface area contributed by atoms with Crippen LogP contribution in [0.4, 0.5) is 0 Å². The van der Waals surface area contributed by atoms with Gasteiger partial charge < -0.3 is 10.1 Å². The Morgan fingerprint density at radius 2 is 2.13 bits per heavy atom. The number of nitrogens with one attached hydrogen (secondary N) is 1. The van der Waals surface area contributed by atoms with Gasteiger partial charge in [-0.25, -0.2) is 0 Å². The van der Waals surface area contributed by atoms with Crippen LogP contribution < -0.4 is 5.32 Å². The Balaban J connectivity index is 2.16. The van der Waals surface area contributed by atoms with Gasteiger partial charge in [0.05, 0.1) is 0 Å². The quantitative estimate of drug-likeness (QED) is 0.669. The molecular formula is C13H27NO. The zero-order valence-electron chi connectivity index (χ0n) is 10.6. The van der Waals surface area contributed by atoms with Crippen LogP contribution in [0, 0.1) is 5.41 Å². The normalized spacial score (nSPS) is 21.0. The third-order valence-corrected chi connectivity index (χ3v) is 3.78. The van der Waals surface area contributed by atoms with Gasteiger partial charge in [0, 0.05) is 26.3 Å². The molecule has 1 N–H and O–H groups in total. The fraction of sp³-hybridized carbons (Fsp3) is 1.00. The van der Waals surface area contributed by atoms with Crippen molar-refractivity contribution in [3.05, 3.63) is 0 Å². The fourth-order valence-electron chi connectivity index (χ4n) is 2.51. The molecule has 2 nitrogen and oxygen atoms in total. The summed E-state index contributed by atoms with van der Waals surface area (Å²) in [5, 5.41) is 3.66. The molecule has 0 aliphatic heterocycles. The molecule has 1 aliphatic carbocycles. The standard InChI is InChI=1S/C13H27NO/c1-4-7-13(8-5-9-13)11-14-12(2)6-10-15-3/h12,14H,4-11H2,1-3H3. The summed E-state index contributed by atoms with van der Waals surface area (Å²) in [6.45, 7) is 6.65. The summed E-state index contributed by atoms with van der Waals surface area (Å²) in [5.41, 5.74) is 0.649. The van der Waals surface area contributed by atoms with Gasteiger partial charge in [-0.15, -0.1) is 0 Å². The number of ether oxygens (including phenoxy) is 1. The first kappa shape index (κ1) is 13.0. The van der Waals surface area contributed by atoms with E-state index in [0.29, 0.717) is 11.5 Å². The first-order chi connectivity index (χ1) is 7.22. The van der Waals surface area contributed by atoms with Crippen molar-refractivity contribution < 1.29 is 4.74 Å². The molecule has 1 atom stereocenters. The lowest BCUT2D eigenvalue weighted by atomic mass is 9.66. The second-order valence-electron chi connectivity index (χ2n) is 5.17. The fourth-order valence-corrected chi connectivity index (χ4v) is 2.51. The predicted octanol–water partition coefficient (Wildman–Crippen LogP) is 2.97. The Hall–Kier alpha value is -0.0800. The van der Waals surface area contributed by atoms with Crippen LogP contribution in [0.5, 0.6) is 0 Å². The molecule has 1 aliphatic rings. The summed E-state index contributed by atoms with van der Waals surface area (Å²) in [5.74, 6) is 0. The minimum atomic E-state index is 0.597. The predicted molar refractivity (Wildman–Crippen MR) is 65.1 cm³/mol. The van der Waals surface area contributed by atoms with E-state index in [4.69, 9.17) is 4.74 Å². The molecule has 2 heteroatoms. The zero-order valence-corrected chi connectivity index (χ0v) is 10.6. The number of methoxy groups -OCH3 is 1. The lowest BCUT2D eigenvalue weighted by Gasteiger charge is -2.43. The van der Waals surface area contributed by atoms with Gasteiger partial charge in [0.1, 0.15) is 0 Å². The SMILES string of the molecule is CCCC1(CNC(C)CCOC)CCC1. The molecule has 0 bridgehead atoms. The topological polar surface area (TPSA) is 21.3 Å². The molecule has 0 aromatic rings. The Morgan fingerprint density at radius 1 is 1.40 bits per heavy atom. The highest BCUT2D eigenvalue weighted by Gasteiger charge is 2.35. The Labute approximate surface area is 94.8 Å². The summed E-state index contributed by atoms with van der Waals surface area (Å²) in [7, 11) is 1.78. The van der Waals surface area contributed by atoms with E-state index in [1.165, 1.54) is 38.6 Å². The second-order valence-corrected chi connectivity index (χ2v) is 5.17. The summed E-state index contributed by atoms with van der Waals surface area (Å²) in [6.07, 6.45) is 8.16. The average molecular weight is 213 g/mol. The van der Waals surface area contributed by atoms with Crippen LogP contribution in [-0.2, 0) is 4.74 Å². The Bertz CT molecular complexity index is 166.